The summed E-state index contributed by atoms with van der Waals surface area (Å²) in [6.45, 7) is 5.54. The summed E-state index contributed by atoms with van der Waals surface area (Å²) in [6, 6.07) is 0.124. The van der Waals surface area contributed by atoms with Crippen molar-refractivity contribution >= 4 is 11.7 Å². The van der Waals surface area contributed by atoms with Crippen LogP contribution in [0.2, 0.25) is 0 Å². The van der Waals surface area contributed by atoms with E-state index in [0.717, 1.165) is 0 Å². The third-order valence-electron chi connectivity index (χ3n) is 3.24. The highest BCUT2D eigenvalue weighted by Crippen LogP contribution is 2.13. The van der Waals surface area contributed by atoms with Crippen molar-refractivity contribution in [2.75, 3.05) is 31.6 Å². The van der Waals surface area contributed by atoms with Crippen molar-refractivity contribution < 1.29 is 9.53 Å². The third-order valence-corrected chi connectivity index (χ3v) is 3.24. The second kappa shape index (κ2) is 5.97. The lowest BCUT2D eigenvalue weighted by Crippen LogP contribution is -2.52. The van der Waals surface area contributed by atoms with E-state index in [1.165, 1.54) is 0 Å². The minimum absolute atomic E-state index is 0.0933. The van der Waals surface area contributed by atoms with E-state index in [2.05, 4.69) is 9.97 Å². The summed E-state index contributed by atoms with van der Waals surface area (Å²) in [5, 5.41) is 0. The topological polar surface area (TPSA) is 58.6 Å². The van der Waals surface area contributed by atoms with Gasteiger partial charge in [-0.15, -0.1) is 0 Å². The van der Waals surface area contributed by atoms with Crippen molar-refractivity contribution in [3.8, 4) is 0 Å². The zero-order valence-electron chi connectivity index (χ0n) is 11.6. The Labute approximate surface area is 113 Å². The van der Waals surface area contributed by atoms with Gasteiger partial charge in [-0.3, -0.25) is 9.78 Å². The molecule has 1 saturated heterocycles. The van der Waals surface area contributed by atoms with Crippen LogP contribution in [0.3, 0.4) is 0 Å². The second-order valence-corrected chi connectivity index (χ2v) is 4.96. The first-order chi connectivity index (χ1) is 9.08. The van der Waals surface area contributed by atoms with Gasteiger partial charge in [-0.1, -0.05) is 0 Å². The fraction of sp³-hybridized carbons (Fsp3) is 0.615. The van der Waals surface area contributed by atoms with Crippen molar-refractivity contribution in [2.45, 2.75) is 26.0 Å². The zero-order valence-corrected chi connectivity index (χ0v) is 11.6. The lowest BCUT2D eigenvalue weighted by atomic mass is 10.2. The number of morpholine rings is 1. The molecular formula is C13H20N4O2. The van der Waals surface area contributed by atoms with Gasteiger partial charge in [0.05, 0.1) is 31.5 Å². The molecule has 1 amide bonds. The molecule has 0 radical (unpaired) electrons. The lowest BCUT2D eigenvalue weighted by molar-refractivity contribution is -0.141. The molecule has 0 bridgehead atoms. The smallest absolute Gasteiger partial charge is 0.242 e. The number of nitrogens with zero attached hydrogens (tertiary/aromatic N) is 4. The molecule has 0 N–H and O–H groups in total. The van der Waals surface area contributed by atoms with Crippen molar-refractivity contribution in [3.05, 3.63) is 18.6 Å². The largest absolute Gasteiger partial charge is 0.375 e. The highest BCUT2D eigenvalue weighted by atomic mass is 16.5. The van der Waals surface area contributed by atoms with Crippen LogP contribution < -0.4 is 4.90 Å². The Balaban J connectivity index is 1.96. The fourth-order valence-corrected chi connectivity index (χ4v) is 2.11. The van der Waals surface area contributed by atoms with Gasteiger partial charge in [0.25, 0.3) is 0 Å². The molecule has 2 rings (SSSR count). The van der Waals surface area contributed by atoms with Crippen molar-refractivity contribution in [1.29, 1.82) is 0 Å². The third kappa shape index (κ3) is 3.41. The molecule has 1 aliphatic rings. The van der Waals surface area contributed by atoms with Gasteiger partial charge in [-0.25, -0.2) is 4.98 Å². The van der Waals surface area contributed by atoms with Gasteiger partial charge < -0.3 is 14.5 Å². The zero-order chi connectivity index (χ0) is 13.8. The summed E-state index contributed by atoms with van der Waals surface area (Å²) in [5.41, 5.74) is 0. The predicted molar refractivity (Wildman–Crippen MR) is 71.9 cm³/mol. The number of carbonyl (C=O) groups is 1. The molecule has 6 nitrogen and oxygen atoms in total. The van der Waals surface area contributed by atoms with Crippen LogP contribution in [0, 0.1) is 0 Å². The van der Waals surface area contributed by atoms with Crippen LogP contribution in [-0.4, -0.2) is 59.7 Å². The van der Waals surface area contributed by atoms with E-state index in [1.54, 1.807) is 18.6 Å². The Kier molecular flexibility index (Phi) is 4.31. The van der Waals surface area contributed by atoms with E-state index in [4.69, 9.17) is 4.74 Å². The van der Waals surface area contributed by atoms with Crippen LogP contribution in [0.25, 0.3) is 0 Å². The molecule has 1 aromatic rings. The molecule has 0 saturated carbocycles. The van der Waals surface area contributed by atoms with E-state index in [-0.39, 0.29) is 18.1 Å². The number of amides is 1. The highest BCUT2D eigenvalue weighted by molar-refractivity contribution is 5.81. The highest BCUT2D eigenvalue weighted by Gasteiger charge is 2.28. The van der Waals surface area contributed by atoms with E-state index in [9.17, 15) is 4.79 Å². The van der Waals surface area contributed by atoms with Gasteiger partial charge in [0.1, 0.15) is 5.82 Å². The molecule has 1 fully saturated rings. The van der Waals surface area contributed by atoms with E-state index in [1.807, 2.05) is 30.7 Å². The summed E-state index contributed by atoms with van der Waals surface area (Å²) in [4.78, 5) is 24.2. The minimum atomic E-state index is 0.0933. The number of anilines is 1. The maximum Gasteiger partial charge on any atom is 0.242 e. The average molecular weight is 264 g/mol. The summed E-state index contributed by atoms with van der Waals surface area (Å²) in [6.07, 6.45) is 4.99. The molecule has 19 heavy (non-hydrogen) atoms. The van der Waals surface area contributed by atoms with Crippen LogP contribution in [0.4, 0.5) is 5.82 Å². The van der Waals surface area contributed by atoms with E-state index >= 15 is 0 Å². The maximum atomic E-state index is 12.3. The molecule has 1 aliphatic heterocycles. The van der Waals surface area contributed by atoms with Gasteiger partial charge in [0, 0.05) is 26.0 Å². The monoisotopic (exact) mass is 264 g/mol. The summed E-state index contributed by atoms with van der Waals surface area (Å²) >= 11 is 0. The van der Waals surface area contributed by atoms with Crippen LogP contribution in [0.5, 0.6) is 0 Å². The molecule has 2 atom stereocenters. The summed E-state index contributed by atoms with van der Waals surface area (Å²) < 4.78 is 5.53. The van der Waals surface area contributed by atoms with Gasteiger partial charge in [-0.05, 0) is 13.8 Å². The SMILES string of the molecule is C[C@@H]1CO[C@@H](C)CN1C(=O)CN(C)c1cnccn1. The molecule has 0 spiro atoms. The molecule has 1 aromatic heterocycles. The van der Waals surface area contributed by atoms with Gasteiger partial charge >= 0.3 is 0 Å². The number of carbonyl (C=O) groups excluding carboxylic acids is 1. The van der Waals surface area contributed by atoms with E-state index < -0.39 is 0 Å². The van der Waals surface area contributed by atoms with Crippen LogP contribution >= 0.6 is 0 Å². The van der Waals surface area contributed by atoms with Gasteiger partial charge in [0.15, 0.2) is 0 Å². The van der Waals surface area contributed by atoms with Crippen LogP contribution in [0.15, 0.2) is 18.6 Å². The normalized spacial score (nSPS) is 23.2. The molecule has 104 valence electrons. The lowest BCUT2D eigenvalue weighted by Gasteiger charge is -2.37. The molecule has 2 heterocycles. The second-order valence-electron chi connectivity index (χ2n) is 4.96. The minimum Gasteiger partial charge on any atom is -0.375 e. The number of aromatic nitrogens is 2. The molecular weight excluding hydrogens is 244 g/mol. The van der Waals surface area contributed by atoms with Crippen molar-refractivity contribution in [1.82, 2.24) is 14.9 Å². The first kappa shape index (κ1) is 13.7. The molecule has 0 aliphatic carbocycles. The first-order valence-electron chi connectivity index (χ1n) is 6.46. The Morgan fingerprint density at radius 2 is 2.32 bits per heavy atom. The maximum absolute atomic E-state index is 12.3. The Hall–Kier alpha value is -1.69. The van der Waals surface area contributed by atoms with Gasteiger partial charge in [0.2, 0.25) is 5.91 Å². The first-order valence-corrected chi connectivity index (χ1v) is 6.46. The quantitative estimate of drug-likeness (QED) is 0.798. The number of ether oxygens (including phenoxy) is 1. The van der Waals surface area contributed by atoms with Gasteiger partial charge in [-0.2, -0.15) is 0 Å². The Bertz CT molecular complexity index is 426. The summed E-state index contributed by atoms with van der Waals surface area (Å²) in [5.74, 6) is 0.792. The van der Waals surface area contributed by atoms with Crippen molar-refractivity contribution in [3.63, 3.8) is 0 Å². The molecule has 0 unspecified atom stereocenters. The Morgan fingerprint density at radius 3 is 3.00 bits per heavy atom. The van der Waals surface area contributed by atoms with E-state index in [0.29, 0.717) is 25.5 Å². The fourth-order valence-electron chi connectivity index (χ4n) is 2.11. The standard InChI is InChI=1S/C13H20N4O2/c1-10-9-19-11(2)7-17(10)13(18)8-16(3)12-6-14-4-5-15-12/h4-6,10-11H,7-9H2,1-3H3/t10-,11+/m1/s1. The number of hydrogen-bond acceptors (Lipinski definition) is 5. The average Bonchev–Trinajstić information content (AvgIpc) is 2.42. The predicted octanol–water partition coefficient (Wildman–Crippen LogP) is 0.549. The Morgan fingerprint density at radius 1 is 1.53 bits per heavy atom. The number of hydrogen-bond donors (Lipinski definition) is 0. The molecule has 0 aromatic carbocycles. The van der Waals surface area contributed by atoms with Crippen LogP contribution in [0.1, 0.15) is 13.8 Å². The number of likely N-dealkylation sites (N-methyl/N-ethyl adjacent to an activating group) is 1. The molecule has 6 heteroatoms. The summed E-state index contributed by atoms with van der Waals surface area (Å²) in [7, 11) is 1.84. The van der Waals surface area contributed by atoms with Crippen molar-refractivity contribution in [2.24, 2.45) is 0 Å². The number of rotatable bonds is 3. The van der Waals surface area contributed by atoms with Crippen LogP contribution in [-0.2, 0) is 9.53 Å².